The summed E-state index contributed by atoms with van der Waals surface area (Å²) in [4.78, 5) is 12.5. The van der Waals surface area contributed by atoms with E-state index in [0.29, 0.717) is 12.5 Å². The molecule has 0 aliphatic carbocycles. The van der Waals surface area contributed by atoms with Crippen molar-refractivity contribution in [3.63, 3.8) is 0 Å². The molecule has 0 aliphatic rings. The van der Waals surface area contributed by atoms with Crippen LogP contribution < -0.4 is 11.3 Å². The first kappa shape index (κ1) is 15.5. The number of nitrogens with one attached hydrogen (secondary N) is 1. The number of amides is 1. The lowest BCUT2D eigenvalue weighted by Gasteiger charge is -2.06. The largest absolute Gasteiger partial charge is 0.289 e. The second-order valence-corrected chi connectivity index (χ2v) is 6.08. The zero-order chi connectivity index (χ0) is 15.2. The topological polar surface area (TPSA) is 85.8 Å². The number of nitrogens with zero attached hydrogens (tertiary/aromatic N) is 3. The van der Waals surface area contributed by atoms with E-state index >= 15 is 0 Å². The number of aromatic nitrogens is 3. The number of carbonyl (C=O) groups excluding carboxylic acids is 1. The molecule has 0 saturated carbocycles. The van der Waals surface area contributed by atoms with Gasteiger partial charge in [0.05, 0.1) is 12.7 Å². The van der Waals surface area contributed by atoms with Crippen LogP contribution in [0.4, 0.5) is 0 Å². The Kier molecular flexibility index (Phi) is 5.35. The summed E-state index contributed by atoms with van der Waals surface area (Å²) in [5, 5.41) is 7.65. The predicted octanol–water partition coefficient (Wildman–Crippen LogP) is 1.80. The molecule has 0 aliphatic heterocycles. The summed E-state index contributed by atoms with van der Waals surface area (Å²) in [5.41, 5.74) is 3.60. The van der Waals surface area contributed by atoms with Crippen molar-refractivity contribution >= 4 is 17.7 Å². The minimum atomic E-state index is -0.432. The van der Waals surface area contributed by atoms with Crippen LogP contribution in [-0.2, 0) is 6.54 Å². The summed E-state index contributed by atoms with van der Waals surface area (Å²) in [7, 11) is 0. The fourth-order valence-corrected chi connectivity index (χ4v) is 2.63. The Morgan fingerprint density at radius 3 is 2.71 bits per heavy atom. The lowest BCUT2D eigenvalue weighted by molar-refractivity contribution is 0.0948. The number of nitrogen functional groups attached to an aromatic ring is 1. The zero-order valence-electron chi connectivity index (χ0n) is 12.1. The molecule has 2 rings (SSSR count). The number of hydrogen-bond donors (Lipinski definition) is 2. The summed E-state index contributed by atoms with van der Waals surface area (Å²) in [5.74, 6) is 6.01. The molecule has 0 fully saturated rings. The number of carbonyl (C=O) groups is 1. The second-order valence-electron chi connectivity index (χ2n) is 4.91. The number of nitrogens with two attached hydrogens (primary N) is 1. The smallest absolute Gasteiger partial charge is 0.287 e. The Hall–Kier alpha value is -1.86. The maximum absolute atomic E-state index is 11.3. The quantitative estimate of drug-likeness (QED) is 0.368. The average molecular weight is 305 g/mol. The van der Waals surface area contributed by atoms with E-state index in [0.717, 1.165) is 5.75 Å². The van der Waals surface area contributed by atoms with Gasteiger partial charge in [0.25, 0.3) is 5.91 Å². The average Bonchev–Trinajstić information content (AvgIpc) is 2.96. The lowest BCUT2D eigenvalue weighted by atomic mass is 10.0. The van der Waals surface area contributed by atoms with E-state index in [1.54, 1.807) is 22.6 Å². The van der Waals surface area contributed by atoms with Gasteiger partial charge in [-0.25, -0.2) is 5.84 Å². The second kappa shape index (κ2) is 7.24. The number of aryl methyl sites for hydroxylation is 1. The molecule has 3 N–H and O–H groups in total. The first-order valence-corrected chi connectivity index (χ1v) is 7.72. The molecule has 1 amide bonds. The van der Waals surface area contributed by atoms with E-state index in [2.05, 4.69) is 48.4 Å². The number of hydrogen-bond acceptors (Lipinski definition) is 5. The van der Waals surface area contributed by atoms with Crippen molar-refractivity contribution in [2.24, 2.45) is 5.84 Å². The third-order valence-corrected chi connectivity index (χ3v) is 4.03. The van der Waals surface area contributed by atoms with Crippen LogP contribution in [0.3, 0.4) is 0 Å². The fourth-order valence-electron chi connectivity index (χ4n) is 1.79. The molecule has 6 nitrogen and oxygen atoms in total. The predicted molar refractivity (Wildman–Crippen MR) is 82.9 cm³/mol. The highest BCUT2D eigenvalue weighted by Crippen LogP contribution is 2.21. The summed E-state index contributed by atoms with van der Waals surface area (Å²) in [6.07, 6.45) is 1.59. The molecule has 112 valence electrons. The number of hydrazine groups is 1. The minimum Gasteiger partial charge on any atom is -0.289 e. The molecule has 0 unspecified atom stereocenters. The van der Waals surface area contributed by atoms with Crippen LogP contribution in [0, 0.1) is 0 Å². The van der Waals surface area contributed by atoms with Crippen molar-refractivity contribution in [1.29, 1.82) is 0 Å². The zero-order valence-corrected chi connectivity index (χ0v) is 12.9. The monoisotopic (exact) mass is 305 g/mol. The van der Waals surface area contributed by atoms with E-state index in [1.165, 1.54) is 10.5 Å². The van der Waals surface area contributed by atoms with Crippen molar-refractivity contribution in [2.75, 3.05) is 5.75 Å². The van der Waals surface area contributed by atoms with E-state index in [1.807, 2.05) is 5.43 Å². The molecule has 7 heteroatoms. The fraction of sp³-hybridized carbons (Fsp3) is 0.357. The van der Waals surface area contributed by atoms with Gasteiger partial charge in [0.15, 0.2) is 5.69 Å². The van der Waals surface area contributed by atoms with Gasteiger partial charge in [-0.05, 0) is 23.6 Å². The summed E-state index contributed by atoms with van der Waals surface area (Å²) >= 11 is 1.75. The van der Waals surface area contributed by atoms with Crippen LogP contribution in [0.5, 0.6) is 0 Å². The SMILES string of the molecule is CC(C)c1ccc(SCCn2cc(C(=O)NN)nn2)cc1. The minimum absolute atomic E-state index is 0.226. The Labute approximate surface area is 128 Å². The van der Waals surface area contributed by atoms with Gasteiger partial charge in [-0.2, -0.15) is 0 Å². The van der Waals surface area contributed by atoms with Gasteiger partial charge in [0.1, 0.15) is 0 Å². The first-order valence-electron chi connectivity index (χ1n) is 6.74. The van der Waals surface area contributed by atoms with E-state index < -0.39 is 5.91 Å². The number of rotatable bonds is 6. The van der Waals surface area contributed by atoms with Gasteiger partial charge in [-0.15, -0.1) is 16.9 Å². The van der Waals surface area contributed by atoms with Crippen molar-refractivity contribution in [3.05, 3.63) is 41.7 Å². The molecule has 0 radical (unpaired) electrons. The van der Waals surface area contributed by atoms with Gasteiger partial charge in [0.2, 0.25) is 0 Å². The number of thioether (sulfide) groups is 1. The molecule has 1 aromatic heterocycles. The molecule has 1 aromatic carbocycles. The van der Waals surface area contributed by atoms with Gasteiger partial charge >= 0.3 is 0 Å². The molecular formula is C14H19N5OS. The molecule has 2 aromatic rings. The van der Waals surface area contributed by atoms with E-state index in [-0.39, 0.29) is 5.69 Å². The molecule has 0 bridgehead atoms. The molecule has 21 heavy (non-hydrogen) atoms. The highest BCUT2D eigenvalue weighted by Gasteiger charge is 2.08. The maximum Gasteiger partial charge on any atom is 0.287 e. The van der Waals surface area contributed by atoms with Crippen LogP contribution in [-0.4, -0.2) is 26.7 Å². The van der Waals surface area contributed by atoms with Crippen LogP contribution in [0.1, 0.15) is 35.8 Å². The standard InChI is InChI=1S/C14H19N5OS/c1-10(2)11-3-5-12(6-4-11)21-8-7-19-9-13(17-18-19)14(20)16-15/h3-6,9-10H,7-8,15H2,1-2H3,(H,16,20). The first-order chi connectivity index (χ1) is 10.1. The highest BCUT2D eigenvalue weighted by atomic mass is 32.2. The van der Waals surface area contributed by atoms with Crippen molar-refractivity contribution in [2.45, 2.75) is 31.2 Å². The Morgan fingerprint density at radius 1 is 1.38 bits per heavy atom. The van der Waals surface area contributed by atoms with Crippen LogP contribution >= 0.6 is 11.8 Å². The summed E-state index contributed by atoms with van der Waals surface area (Å²) in [6, 6.07) is 8.58. The normalized spacial score (nSPS) is 10.9. The van der Waals surface area contributed by atoms with Crippen LogP contribution in [0.25, 0.3) is 0 Å². The van der Waals surface area contributed by atoms with Gasteiger partial charge in [-0.3, -0.25) is 14.9 Å². The van der Waals surface area contributed by atoms with Crippen LogP contribution in [0.15, 0.2) is 35.4 Å². The van der Waals surface area contributed by atoms with E-state index in [4.69, 9.17) is 5.84 Å². The van der Waals surface area contributed by atoms with Gasteiger partial charge in [-0.1, -0.05) is 31.2 Å². The molecule has 0 saturated heterocycles. The van der Waals surface area contributed by atoms with E-state index in [9.17, 15) is 4.79 Å². The van der Waals surface area contributed by atoms with Crippen molar-refractivity contribution < 1.29 is 4.79 Å². The summed E-state index contributed by atoms with van der Waals surface area (Å²) < 4.78 is 1.64. The Balaban J connectivity index is 1.83. The Bertz CT molecular complexity index is 594. The van der Waals surface area contributed by atoms with Crippen molar-refractivity contribution in [3.8, 4) is 0 Å². The lowest BCUT2D eigenvalue weighted by Crippen LogP contribution is -2.30. The van der Waals surface area contributed by atoms with Gasteiger partial charge < -0.3 is 0 Å². The third kappa shape index (κ3) is 4.30. The molecule has 0 spiro atoms. The molecule has 1 heterocycles. The van der Waals surface area contributed by atoms with Gasteiger partial charge in [0, 0.05) is 10.6 Å². The molecular weight excluding hydrogens is 286 g/mol. The highest BCUT2D eigenvalue weighted by molar-refractivity contribution is 7.99. The maximum atomic E-state index is 11.3. The number of benzene rings is 1. The Morgan fingerprint density at radius 2 is 2.10 bits per heavy atom. The van der Waals surface area contributed by atoms with Crippen molar-refractivity contribution in [1.82, 2.24) is 20.4 Å². The summed E-state index contributed by atoms with van der Waals surface area (Å²) in [6.45, 7) is 5.05. The van der Waals surface area contributed by atoms with Crippen LogP contribution in [0.2, 0.25) is 0 Å². The molecule has 0 atom stereocenters. The third-order valence-electron chi connectivity index (χ3n) is 3.04.